The maximum atomic E-state index is 15.2. The zero-order valence-electron chi connectivity index (χ0n) is 30.5. The van der Waals surface area contributed by atoms with Crippen LogP contribution < -0.4 is 20.7 Å². The molecule has 4 unspecified atom stereocenters. The van der Waals surface area contributed by atoms with Crippen molar-refractivity contribution in [2.24, 2.45) is 22.7 Å². The van der Waals surface area contributed by atoms with E-state index < -0.39 is 52.4 Å². The number of nitrogens with one attached hydrogen (secondary N) is 3. The highest BCUT2D eigenvalue weighted by molar-refractivity contribution is 6.22. The molecule has 11 heteroatoms. The number of ether oxygens (including phenoxy) is 1. The number of fused-ring (bicyclic) bond motifs is 3. The van der Waals surface area contributed by atoms with Crippen molar-refractivity contribution in [2.45, 2.75) is 65.1 Å². The Morgan fingerprint density at radius 1 is 1.00 bits per heavy atom. The van der Waals surface area contributed by atoms with Crippen LogP contribution in [-0.4, -0.2) is 97.2 Å². The van der Waals surface area contributed by atoms with Gasteiger partial charge >= 0.3 is 0 Å². The van der Waals surface area contributed by atoms with E-state index in [1.54, 1.807) is 11.8 Å². The van der Waals surface area contributed by atoms with E-state index in [1.165, 1.54) is 13.2 Å². The lowest BCUT2D eigenvalue weighted by Gasteiger charge is -2.32. The second-order valence-electron chi connectivity index (χ2n) is 15.7. The van der Waals surface area contributed by atoms with Crippen molar-refractivity contribution in [2.75, 3.05) is 39.8 Å². The predicted octanol–water partition coefficient (Wildman–Crippen LogP) is 3.80. The van der Waals surface area contributed by atoms with E-state index in [2.05, 4.69) is 29.8 Å². The number of amides is 2. The molecule has 7 rings (SSSR count). The number of β-amino-alcohol motifs (C(OH)–C–C–N with tert-alkyl or cyclic N) is 1. The van der Waals surface area contributed by atoms with Crippen LogP contribution in [0.5, 0.6) is 5.75 Å². The van der Waals surface area contributed by atoms with Crippen molar-refractivity contribution in [1.82, 2.24) is 20.9 Å². The van der Waals surface area contributed by atoms with Crippen LogP contribution >= 0.6 is 0 Å². The lowest BCUT2D eigenvalue weighted by atomic mass is 9.70. The standard InChI is InChI=1S/C41H48N4O7/c1-22(44-38(50)30-19-26(46)21-43-30)34(47)33-31(25-11-10-23-8-6-7-9-24(23)18-25)27(20-28(36(33)52-5)39(51)45-16-14-42-15-17-45)35(48)32-29-12-13-41(4,37(32)49)40(29,2)3/h6-11,18,20,22,26,29-30,32,42-43,46H,12-17,19,21H2,1-5H3,(H,44,50)/t22-,26+,29?,30?,32?,41?/m0/s1. The molecule has 11 nitrogen and oxygen atoms in total. The molecule has 4 fully saturated rings. The summed E-state index contributed by atoms with van der Waals surface area (Å²) in [5.41, 5.74) is -0.113. The zero-order chi connectivity index (χ0) is 37.1. The number of piperazine rings is 1. The normalized spacial score (nSPS) is 27.1. The number of hydrogen-bond acceptors (Lipinski definition) is 9. The summed E-state index contributed by atoms with van der Waals surface area (Å²) in [6.07, 6.45) is 0.952. The molecule has 6 atom stereocenters. The van der Waals surface area contributed by atoms with Crippen LogP contribution in [0.1, 0.15) is 78.0 Å². The minimum Gasteiger partial charge on any atom is -0.495 e. The topological polar surface area (TPSA) is 154 Å². The molecule has 2 aliphatic heterocycles. The number of ketones is 3. The first-order chi connectivity index (χ1) is 24.8. The summed E-state index contributed by atoms with van der Waals surface area (Å²) < 4.78 is 5.99. The first-order valence-electron chi connectivity index (χ1n) is 18.4. The van der Waals surface area contributed by atoms with Crippen LogP contribution in [0.4, 0.5) is 0 Å². The highest BCUT2D eigenvalue weighted by atomic mass is 16.5. The fourth-order valence-electron chi connectivity index (χ4n) is 9.22. The van der Waals surface area contributed by atoms with E-state index in [9.17, 15) is 24.3 Å². The van der Waals surface area contributed by atoms with Crippen molar-refractivity contribution in [3.63, 3.8) is 0 Å². The van der Waals surface area contributed by atoms with Gasteiger partial charge in [0.2, 0.25) is 5.91 Å². The Bertz CT molecular complexity index is 1980. The lowest BCUT2D eigenvalue weighted by molar-refractivity contribution is -0.130. The Balaban J connectivity index is 1.45. The molecule has 2 saturated carbocycles. The average Bonchev–Trinajstić information content (AvgIpc) is 3.73. The molecule has 0 aromatic heterocycles. The van der Waals surface area contributed by atoms with Gasteiger partial charge in [0, 0.05) is 49.3 Å². The minimum absolute atomic E-state index is 0.00425. The molecule has 2 heterocycles. The predicted molar refractivity (Wildman–Crippen MR) is 196 cm³/mol. The number of carbonyl (C=O) groups is 5. The summed E-state index contributed by atoms with van der Waals surface area (Å²) in [4.78, 5) is 73.7. The lowest BCUT2D eigenvalue weighted by Crippen LogP contribution is -2.47. The molecule has 3 aromatic rings. The molecule has 274 valence electrons. The summed E-state index contributed by atoms with van der Waals surface area (Å²) in [5, 5.41) is 20.9. The number of Topliss-reactive ketones (excluding diaryl/α,β-unsaturated/α-hetero) is 3. The number of methoxy groups -OCH3 is 1. The van der Waals surface area contributed by atoms with Gasteiger partial charge in [-0.2, -0.15) is 0 Å². The Labute approximate surface area is 303 Å². The van der Waals surface area contributed by atoms with Gasteiger partial charge in [-0.15, -0.1) is 0 Å². The van der Waals surface area contributed by atoms with Crippen molar-refractivity contribution in [3.8, 4) is 16.9 Å². The molecule has 2 saturated heterocycles. The fourth-order valence-corrected chi connectivity index (χ4v) is 9.22. The van der Waals surface area contributed by atoms with Gasteiger partial charge in [0.1, 0.15) is 11.5 Å². The molecule has 4 N–H and O–H groups in total. The Morgan fingerprint density at radius 2 is 1.71 bits per heavy atom. The molecule has 3 aromatic carbocycles. The van der Waals surface area contributed by atoms with Gasteiger partial charge in [0.15, 0.2) is 11.6 Å². The van der Waals surface area contributed by atoms with E-state index in [0.29, 0.717) is 38.2 Å². The summed E-state index contributed by atoms with van der Waals surface area (Å²) in [6.45, 7) is 9.91. The monoisotopic (exact) mass is 708 g/mol. The molecule has 0 spiro atoms. The third-order valence-electron chi connectivity index (χ3n) is 12.7. The molecule has 0 radical (unpaired) electrons. The molecule has 52 heavy (non-hydrogen) atoms. The van der Waals surface area contributed by atoms with E-state index in [1.807, 2.05) is 49.4 Å². The van der Waals surface area contributed by atoms with Crippen molar-refractivity contribution in [1.29, 1.82) is 0 Å². The van der Waals surface area contributed by atoms with Crippen LogP contribution in [0.2, 0.25) is 0 Å². The quantitative estimate of drug-likeness (QED) is 0.192. The summed E-state index contributed by atoms with van der Waals surface area (Å²) in [7, 11) is 1.39. The molecular weight excluding hydrogens is 660 g/mol. The highest BCUT2D eigenvalue weighted by Gasteiger charge is 2.68. The van der Waals surface area contributed by atoms with Gasteiger partial charge in [-0.25, -0.2) is 0 Å². The van der Waals surface area contributed by atoms with Crippen molar-refractivity contribution >= 4 is 39.9 Å². The average molecular weight is 709 g/mol. The van der Waals surface area contributed by atoms with Crippen LogP contribution in [-0.2, 0) is 9.59 Å². The van der Waals surface area contributed by atoms with Gasteiger partial charge in [-0.05, 0) is 66.0 Å². The van der Waals surface area contributed by atoms with Crippen LogP contribution in [0, 0.1) is 22.7 Å². The van der Waals surface area contributed by atoms with Gasteiger partial charge < -0.3 is 30.7 Å². The number of hydrogen-bond donors (Lipinski definition) is 4. The SMILES string of the molecule is COc1c(C(=O)N2CCNCC2)cc(C(=O)C2C(=O)C3(C)CCC2C3(C)C)c(-c2ccc3ccccc3c2)c1C(=O)[C@H](C)NC(=O)C1C[C@@H](O)CN1. The number of carbonyl (C=O) groups excluding carboxylic acids is 5. The van der Waals surface area contributed by atoms with E-state index >= 15 is 4.79 Å². The largest absolute Gasteiger partial charge is 0.495 e. The fraction of sp³-hybridized carbons (Fsp3) is 0.488. The van der Waals surface area contributed by atoms with Gasteiger partial charge in [-0.1, -0.05) is 57.2 Å². The number of benzene rings is 3. The number of aliphatic hydroxyl groups excluding tert-OH is 1. The third-order valence-corrected chi connectivity index (χ3v) is 12.7. The maximum absolute atomic E-state index is 15.2. The molecule has 2 aliphatic carbocycles. The zero-order valence-corrected chi connectivity index (χ0v) is 30.5. The summed E-state index contributed by atoms with van der Waals surface area (Å²) >= 11 is 0. The number of rotatable bonds is 9. The van der Waals surface area contributed by atoms with Crippen molar-refractivity contribution in [3.05, 3.63) is 65.2 Å². The third kappa shape index (κ3) is 5.74. The van der Waals surface area contributed by atoms with Gasteiger partial charge in [0.05, 0.1) is 42.3 Å². The maximum Gasteiger partial charge on any atom is 0.257 e. The van der Waals surface area contributed by atoms with E-state index in [-0.39, 0.29) is 58.6 Å². The molecule has 2 bridgehead atoms. The van der Waals surface area contributed by atoms with Crippen LogP contribution in [0.15, 0.2) is 48.5 Å². The molecule has 2 amide bonds. The Morgan fingerprint density at radius 3 is 2.35 bits per heavy atom. The number of nitrogens with zero attached hydrogens (tertiary/aromatic N) is 1. The summed E-state index contributed by atoms with van der Waals surface area (Å²) in [6, 6.07) is 13.1. The van der Waals surface area contributed by atoms with E-state index in [0.717, 1.165) is 17.2 Å². The second kappa shape index (κ2) is 13.5. The molecule has 4 aliphatic rings. The molecular formula is C41H48N4O7. The smallest absolute Gasteiger partial charge is 0.257 e. The van der Waals surface area contributed by atoms with Gasteiger partial charge in [0.25, 0.3) is 5.91 Å². The van der Waals surface area contributed by atoms with Crippen LogP contribution in [0.3, 0.4) is 0 Å². The second-order valence-corrected chi connectivity index (χ2v) is 15.7. The summed E-state index contributed by atoms with van der Waals surface area (Å²) in [5.74, 6) is -3.05. The Kier molecular flexibility index (Phi) is 9.34. The Hall–Kier alpha value is -4.45. The first kappa shape index (κ1) is 35.9. The van der Waals surface area contributed by atoms with Crippen LogP contribution in [0.25, 0.3) is 21.9 Å². The first-order valence-corrected chi connectivity index (χ1v) is 18.4. The highest BCUT2D eigenvalue weighted by Crippen LogP contribution is 2.66. The van der Waals surface area contributed by atoms with Crippen molar-refractivity contribution < 1.29 is 33.8 Å². The van der Waals surface area contributed by atoms with Gasteiger partial charge in [-0.3, -0.25) is 24.0 Å². The number of aliphatic hydroxyl groups is 1. The van der Waals surface area contributed by atoms with E-state index in [4.69, 9.17) is 4.74 Å². The minimum atomic E-state index is -1.10.